The van der Waals surface area contributed by atoms with Crippen LogP contribution in [0, 0.1) is 11.3 Å². The quantitative estimate of drug-likeness (QED) is 0.682. The van der Waals surface area contributed by atoms with Crippen molar-refractivity contribution in [3.63, 3.8) is 0 Å². The molecule has 1 atom stereocenters. The zero-order valence-electron chi connectivity index (χ0n) is 15.0. The number of hydrogen-bond acceptors (Lipinski definition) is 5. The van der Waals surface area contributed by atoms with Crippen LogP contribution in [0.3, 0.4) is 0 Å². The second kappa shape index (κ2) is 8.56. The van der Waals surface area contributed by atoms with E-state index in [1.165, 1.54) is 6.26 Å². The molecule has 140 valence electrons. The molecular weight excluding hydrogens is 358 g/mol. The van der Waals surface area contributed by atoms with Gasteiger partial charge in [0.2, 0.25) is 0 Å². The van der Waals surface area contributed by atoms with Gasteiger partial charge in [-0.2, -0.15) is 5.26 Å². The second-order valence-corrected chi connectivity index (χ2v) is 5.90. The van der Waals surface area contributed by atoms with Crippen molar-refractivity contribution in [2.75, 3.05) is 10.6 Å². The summed E-state index contributed by atoms with van der Waals surface area (Å²) >= 11 is 0. The lowest BCUT2D eigenvalue weighted by atomic mass is 10.2. The van der Waals surface area contributed by atoms with Gasteiger partial charge in [-0.25, -0.2) is 0 Å². The third-order valence-electron chi connectivity index (χ3n) is 3.80. The van der Waals surface area contributed by atoms with Crippen LogP contribution in [-0.4, -0.2) is 17.9 Å². The highest BCUT2D eigenvalue weighted by Gasteiger charge is 2.15. The van der Waals surface area contributed by atoms with Crippen molar-refractivity contribution < 1.29 is 18.7 Å². The molecule has 0 radical (unpaired) electrons. The van der Waals surface area contributed by atoms with E-state index in [0.717, 1.165) is 0 Å². The molecule has 3 rings (SSSR count). The minimum absolute atomic E-state index is 0.193. The van der Waals surface area contributed by atoms with Gasteiger partial charge in [0.25, 0.3) is 11.8 Å². The van der Waals surface area contributed by atoms with Gasteiger partial charge in [-0.1, -0.05) is 6.07 Å². The molecule has 0 aliphatic heterocycles. The number of rotatable bonds is 6. The normalized spacial score (nSPS) is 11.1. The van der Waals surface area contributed by atoms with E-state index in [-0.39, 0.29) is 17.6 Å². The Bertz CT molecular complexity index is 1000. The molecule has 0 bridgehead atoms. The zero-order valence-corrected chi connectivity index (χ0v) is 15.0. The van der Waals surface area contributed by atoms with Crippen LogP contribution in [0.4, 0.5) is 11.4 Å². The summed E-state index contributed by atoms with van der Waals surface area (Å²) in [5, 5.41) is 14.2. The maximum atomic E-state index is 12.4. The van der Waals surface area contributed by atoms with Crippen LogP contribution < -0.4 is 15.4 Å². The molecule has 7 nitrogen and oxygen atoms in total. The molecule has 0 aliphatic rings. The lowest BCUT2D eigenvalue weighted by Crippen LogP contribution is -2.30. The molecular formula is C21H17N3O4. The van der Waals surface area contributed by atoms with Gasteiger partial charge in [-0.15, -0.1) is 0 Å². The number of carbonyl (C=O) groups excluding carboxylic acids is 2. The molecule has 0 fully saturated rings. The number of ether oxygens (including phenoxy) is 1. The van der Waals surface area contributed by atoms with E-state index >= 15 is 0 Å². The number of carbonyl (C=O) groups is 2. The van der Waals surface area contributed by atoms with Gasteiger partial charge in [0.15, 0.2) is 11.9 Å². The summed E-state index contributed by atoms with van der Waals surface area (Å²) in [4.78, 5) is 24.4. The van der Waals surface area contributed by atoms with Crippen molar-refractivity contribution in [3.8, 4) is 11.8 Å². The molecule has 1 heterocycles. The Labute approximate surface area is 161 Å². The van der Waals surface area contributed by atoms with Crippen LogP contribution in [0.5, 0.6) is 5.75 Å². The minimum Gasteiger partial charge on any atom is -0.481 e. The standard InChI is InChI=1S/C21H17N3O4/c1-14(28-18-9-7-15(13-22)8-10-18)20(25)23-16-4-2-5-17(12-16)24-21(26)19-6-3-11-27-19/h2-12,14H,1H3,(H,23,25)(H,24,26)/t14-/m1/s1. The molecule has 7 heteroatoms. The van der Waals surface area contributed by atoms with E-state index < -0.39 is 6.10 Å². The third-order valence-corrected chi connectivity index (χ3v) is 3.80. The average Bonchev–Trinajstić information content (AvgIpc) is 3.24. The molecule has 2 aromatic carbocycles. The Morgan fingerprint density at radius 3 is 2.39 bits per heavy atom. The predicted octanol–water partition coefficient (Wildman–Crippen LogP) is 3.81. The highest BCUT2D eigenvalue weighted by atomic mass is 16.5. The van der Waals surface area contributed by atoms with Gasteiger partial charge in [0.05, 0.1) is 17.9 Å². The first-order chi connectivity index (χ1) is 13.5. The van der Waals surface area contributed by atoms with E-state index in [1.54, 1.807) is 67.6 Å². The molecule has 0 spiro atoms. The number of furan rings is 1. The summed E-state index contributed by atoms with van der Waals surface area (Å²) in [5.74, 6) is -0.0511. The van der Waals surface area contributed by atoms with Crippen molar-refractivity contribution in [1.82, 2.24) is 0 Å². The first-order valence-corrected chi connectivity index (χ1v) is 8.48. The maximum absolute atomic E-state index is 12.4. The average molecular weight is 375 g/mol. The number of benzene rings is 2. The lowest BCUT2D eigenvalue weighted by Gasteiger charge is -2.15. The first-order valence-electron chi connectivity index (χ1n) is 8.48. The van der Waals surface area contributed by atoms with Crippen LogP contribution in [0.2, 0.25) is 0 Å². The van der Waals surface area contributed by atoms with Gasteiger partial charge in [-0.3, -0.25) is 9.59 Å². The van der Waals surface area contributed by atoms with E-state index in [4.69, 9.17) is 14.4 Å². The van der Waals surface area contributed by atoms with Crippen molar-refractivity contribution >= 4 is 23.2 Å². The number of hydrogen-bond donors (Lipinski definition) is 2. The lowest BCUT2D eigenvalue weighted by molar-refractivity contribution is -0.122. The SMILES string of the molecule is C[C@@H](Oc1ccc(C#N)cc1)C(=O)Nc1cccc(NC(=O)c2ccco2)c1. The maximum Gasteiger partial charge on any atom is 0.291 e. The molecule has 28 heavy (non-hydrogen) atoms. The fourth-order valence-corrected chi connectivity index (χ4v) is 2.38. The first kappa shape index (κ1) is 18.7. The number of nitrogens with one attached hydrogen (secondary N) is 2. The zero-order chi connectivity index (χ0) is 19.9. The summed E-state index contributed by atoms with van der Waals surface area (Å²) in [6, 6.07) is 18.4. The Kier molecular flexibility index (Phi) is 5.72. The van der Waals surface area contributed by atoms with E-state index in [1.807, 2.05) is 6.07 Å². The Hall–Kier alpha value is -4.05. The van der Waals surface area contributed by atoms with E-state index in [9.17, 15) is 9.59 Å². The molecule has 0 saturated carbocycles. The van der Waals surface area contributed by atoms with Crippen LogP contribution in [-0.2, 0) is 4.79 Å². The fraction of sp³-hybridized carbons (Fsp3) is 0.0952. The van der Waals surface area contributed by atoms with E-state index in [0.29, 0.717) is 22.7 Å². The topological polar surface area (TPSA) is 104 Å². The summed E-state index contributed by atoms with van der Waals surface area (Å²) < 4.78 is 10.6. The van der Waals surface area contributed by atoms with Gasteiger partial charge in [-0.05, 0) is 61.5 Å². The third kappa shape index (κ3) is 4.77. The Morgan fingerprint density at radius 1 is 1.04 bits per heavy atom. The monoisotopic (exact) mass is 375 g/mol. The summed E-state index contributed by atoms with van der Waals surface area (Å²) in [6.07, 6.45) is 0.662. The van der Waals surface area contributed by atoms with Gasteiger partial charge < -0.3 is 19.8 Å². The van der Waals surface area contributed by atoms with Crippen molar-refractivity contribution in [2.24, 2.45) is 0 Å². The van der Waals surface area contributed by atoms with Gasteiger partial charge in [0, 0.05) is 11.4 Å². The van der Waals surface area contributed by atoms with Crippen molar-refractivity contribution in [2.45, 2.75) is 13.0 Å². The largest absolute Gasteiger partial charge is 0.481 e. The Balaban J connectivity index is 1.60. The number of anilines is 2. The fourth-order valence-electron chi connectivity index (χ4n) is 2.38. The number of amides is 2. The van der Waals surface area contributed by atoms with Crippen molar-refractivity contribution in [1.29, 1.82) is 5.26 Å². The molecule has 0 saturated heterocycles. The predicted molar refractivity (Wildman–Crippen MR) is 103 cm³/mol. The van der Waals surface area contributed by atoms with Crippen LogP contribution >= 0.6 is 0 Å². The molecule has 2 N–H and O–H groups in total. The van der Waals surface area contributed by atoms with E-state index in [2.05, 4.69) is 10.6 Å². The number of nitriles is 1. The molecule has 2 amide bonds. The van der Waals surface area contributed by atoms with Crippen LogP contribution in [0.1, 0.15) is 23.0 Å². The smallest absolute Gasteiger partial charge is 0.291 e. The summed E-state index contributed by atoms with van der Waals surface area (Å²) in [5.41, 5.74) is 1.54. The second-order valence-electron chi connectivity index (χ2n) is 5.90. The minimum atomic E-state index is -0.755. The number of nitrogens with zero attached hydrogens (tertiary/aromatic N) is 1. The molecule has 3 aromatic rings. The molecule has 0 unspecified atom stereocenters. The summed E-state index contributed by atoms with van der Waals surface area (Å²) in [6.45, 7) is 1.62. The Morgan fingerprint density at radius 2 is 1.75 bits per heavy atom. The van der Waals surface area contributed by atoms with Crippen LogP contribution in [0.25, 0.3) is 0 Å². The van der Waals surface area contributed by atoms with Gasteiger partial charge >= 0.3 is 0 Å². The summed E-state index contributed by atoms with van der Waals surface area (Å²) in [7, 11) is 0. The highest BCUT2D eigenvalue weighted by Crippen LogP contribution is 2.18. The molecule has 0 aliphatic carbocycles. The van der Waals surface area contributed by atoms with Crippen LogP contribution in [0.15, 0.2) is 71.3 Å². The van der Waals surface area contributed by atoms with Gasteiger partial charge in [0.1, 0.15) is 5.75 Å². The highest BCUT2D eigenvalue weighted by molar-refractivity contribution is 6.02. The van der Waals surface area contributed by atoms with Crippen molar-refractivity contribution in [3.05, 3.63) is 78.3 Å². The molecule has 1 aromatic heterocycles.